The molecule has 0 unspecified atom stereocenters. The lowest BCUT2D eigenvalue weighted by Gasteiger charge is -2.27. The Bertz CT molecular complexity index is 1060. The third-order valence-electron chi connectivity index (χ3n) is 5.18. The first-order chi connectivity index (χ1) is 14.9. The molecule has 7 nitrogen and oxygen atoms in total. The summed E-state index contributed by atoms with van der Waals surface area (Å²) in [7, 11) is 1.03. The minimum Gasteiger partial charge on any atom is -0.493 e. The number of halogens is 5. The van der Waals surface area contributed by atoms with Gasteiger partial charge in [0.15, 0.2) is 17.2 Å². The lowest BCUT2D eigenvalue weighted by atomic mass is 9.85. The maximum Gasteiger partial charge on any atom is 0.417 e. The zero-order valence-electron chi connectivity index (χ0n) is 16.8. The van der Waals surface area contributed by atoms with Gasteiger partial charge >= 0.3 is 6.18 Å². The second-order valence-electron chi connectivity index (χ2n) is 7.34. The molecule has 1 aromatic heterocycles. The topological polar surface area (TPSA) is 104 Å². The van der Waals surface area contributed by atoms with E-state index in [4.69, 9.17) is 15.2 Å². The van der Waals surface area contributed by atoms with Gasteiger partial charge in [0.25, 0.3) is 11.8 Å². The number of methoxy groups -OCH3 is 1. The normalized spacial score (nSPS) is 23.1. The molecule has 172 valence electrons. The Hall–Kier alpha value is -3.28. The first kappa shape index (κ1) is 23.4. The molecule has 3 atom stereocenters. The Morgan fingerprint density at radius 2 is 1.97 bits per heavy atom. The number of carbonyl (C=O) groups is 2. The summed E-state index contributed by atoms with van der Waals surface area (Å²) in [6.07, 6.45) is -6.19. The van der Waals surface area contributed by atoms with Crippen molar-refractivity contribution in [3.8, 4) is 5.75 Å². The van der Waals surface area contributed by atoms with Gasteiger partial charge < -0.3 is 20.5 Å². The summed E-state index contributed by atoms with van der Waals surface area (Å²) < 4.78 is 78.9. The SMILES string of the molecule is COc1c([C@@H]2C[C@](C)(C(F)(F)F)O[C@@H]2C(=O)Nc2ccnc(C(N)=O)c2)ccc(F)c1F. The van der Waals surface area contributed by atoms with Crippen LogP contribution in [0.2, 0.25) is 0 Å². The minimum atomic E-state index is -4.86. The highest BCUT2D eigenvalue weighted by molar-refractivity contribution is 5.97. The van der Waals surface area contributed by atoms with Gasteiger partial charge in [-0.2, -0.15) is 17.6 Å². The van der Waals surface area contributed by atoms with Crippen molar-refractivity contribution in [2.75, 3.05) is 12.4 Å². The molecule has 1 aromatic carbocycles. The average molecular weight is 459 g/mol. The zero-order valence-corrected chi connectivity index (χ0v) is 16.8. The van der Waals surface area contributed by atoms with E-state index in [0.29, 0.717) is 0 Å². The average Bonchev–Trinajstić information content (AvgIpc) is 3.09. The molecule has 0 aliphatic carbocycles. The minimum absolute atomic E-state index is 0.0269. The molecule has 1 aliphatic heterocycles. The molecule has 12 heteroatoms. The summed E-state index contributed by atoms with van der Waals surface area (Å²) in [5, 5.41) is 2.34. The number of nitrogens with zero attached hydrogens (tertiary/aromatic N) is 1. The number of anilines is 1. The van der Waals surface area contributed by atoms with Gasteiger partial charge in [0, 0.05) is 23.4 Å². The monoisotopic (exact) mass is 459 g/mol. The predicted molar refractivity (Wildman–Crippen MR) is 101 cm³/mol. The quantitative estimate of drug-likeness (QED) is 0.668. The third kappa shape index (κ3) is 4.22. The van der Waals surface area contributed by atoms with Crippen LogP contribution >= 0.6 is 0 Å². The summed E-state index contributed by atoms with van der Waals surface area (Å²) in [6, 6.07) is 4.19. The molecular formula is C20H18F5N3O4. The molecule has 3 rings (SSSR count). The number of nitrogens with one attached hydrogen (secondary N) is 1. The van der Waals surface area contributed by atoms with Crippen LogP contribution in [0.25, 0.3) is 0 Å². The van der Waals surface area contributed by atoms with Gasteiger partial charge in [-0.3, -0.25) is 14.6 Å². The third-order valence-corrected chi connectivity index (χ3v) is 5.18. The number of amides is 2. The Morgan fingerprint density at radius 3 is 2.56 bits per heavy atom. The van der Waals surface area contributed by atoms with Crippen molar-refractivity contribution in [3.63, 3.8) is 0 Å². The summed E-state index contributed by atoms with van der Waals surface area (Å²) in [4.78, 5) is 27.9. The fraction of sp³-hybridized carbons (Fsp3) is 0.350. The molecule has 0 saturated carbocycles. The van der Waals surface area contributed by atoms with Crippen LogP contribution in [0, 0.1) is 11.6 Å². The Morgan fingerprint density at radius 1 is 1.28 bits per heavy atom. The maximum atomic E-state index is 14.2. The van der Waals surface area contributed by atoms with Crippen molar-refractivity contribution in [1.29, 1.82) is 0 Å². The number of hydrogen-bond donors (Lipinski definition) is 2. The van der Waals surface area contributed by atoms with E-state index in [-0.39, 0.29) is 16.9 Å². The van der Waals surface area contributed by atoms with Crippen molar-refractivity contribution < 1.29 is 41.0 Å². The van der Waals surface area contributed by atoms with E-state index in [0.717, 1.165) is 32.2 Å². The molecule has 0 spiro atoms. The summed E-state index contributed by atoms with van der Waals surface area (Å²) >= 11 is 0. The molecule has 1 aliphatic rings. The van der Waals surface area contributed by atoms with Gasteiger partial charge in [-0.1, -0.05) is 6.07 Å². The fourth-order valence-electron chi connectivity index (χ4n) is 3.53. The van der Waals surface area contributed by atoms with Gasteiger partial charge in [0.1, 0.15) is 11.8 Å². The van der Waals surface area contributed by atoms with Crippen LogP contribution in [-0.2, 0) is 9.53 Å². The summed E-state index contributed by atoms with van der Waals surface area (Å²) in [6.45, 7) is 0.761. The number of rotatable bonds is 5. The fourth-order valence-corrected chi connectivity index (χ4v) is 3.53. The van der Waals surface area contributed by atoms with Crippen molar-refractivity contribution in [3.05, 3.63) is 53.4 Å². The molecule has 1 fully saturated rings. The van der Waals surface area contributed by atoms with Crippen molar-refractivity contribution in [2.24, 2.45) is 5.73 Å². The lowest BCUT2D eigenvalue weighted by Crippen LogP contribution is -2.43. The molecule has 2 amide bonds. The Kier molecular flexibility index (Phi) is 6.09. The number of ether oxygens (including phenoxy) is 2. The van der Waals surface area contributed by atoms with Gasteiger partial charge in [-0.25, -0.2) is 4.39 Å². The van der Waals surface area contributed by atoms with Crippen molar-refractivity contribution in [2.45, 2.75) is 37.1 Å². The molecule has 3 N–H and O–H groups in total. The number of hydrogen-bond acceptors (Lipinski definition) is 5. The van der Waals surface area contributed by atoms with Crippen LogP contribution in [0.1, 0.15) is 35.3 Å². The van der Waals surface area contributed by atoms with Crippen molar-refractivity contribution >= 4 is 17.5 Å². The number of carbonyl (C=O) groups excluding carboxylic acids is 2. The molecule has 2 aromatic rings. The molecule has 2 heterocycles. The molecule has 0 radical (unpaired) electrons. The van der Waals surface area contributed by atoms with Crippen LogP contribution in [0.5, 0.6) is 5.75 Å². The van der Waals surface area contributed by atoms with E-state index < -0.39 is 59.4 Å². The summed E-state index contributed by atoms with van der Waals surface area (Å²) in [5.41, 5.74) is 2.07. The zero-order chi connectivity index (χ0) is 23.8. The van der Waals surface area contributed by atoms with Crippen LogP contribution in [0.3, 0.4) is 0 Å². The first-order valence-corrected chi connectivity index (χ1v) is 9.21. The van der Waals surface area contributed by atoms with E-state index >= 15 is 0 Å². The van der Waals surface area contributed by atoms with Gasteiger partial charge in [0.2, 0.25) is 5.82 Å². The number of pyridine rings is 1. The smallest absolute Gasteiger partial charge is 0.417 e. The largest absolute Gasteiger partial charge is 0.493 e. The van der Waals surface area contributed by atoms with Gasteiger partial charge in [-0.05, 0) is 31.5 Å². The van der Waals surface area contributed by atoms with Crippen LogP contribution in [-0.4, -0.2) is 41.8 Å². The lowest BCUT2D eigenvalue weighted by molar-refractivity contribution is -0.261. The highest BCUT2D eigenvalue weighted by Gasteiger charge is 2.61. The van der Waals surface area contributed by atoms with E-state index in [1.165, 1.54) is 12.3 Å². The Balaban J connectivity index is 2.01. The van der Waals surface area contributed by atoms with Crippen LogP contribution in [0.15, 0.2) is 30.5 Å². The second-order valence-corrected chi connectivity index (χ2v) is 7.34. The second kappa shape index (κ2) is 8.34. The van der Waals surface area contributed by atoms with Gasteiger partial charge in [-0.15, -0.1) is 0 Å². The van der Waals surface area contributed by atoms with Crippen LogP contribution < -0.4 is 15.8 Å². The van der Waals surface area contributed by atoms with Crippen molar-refractivity contribution in [1.82, 2.24) is 4.98 Å². The molecule has 0 bridgehead atoms. The Labute approximate surface area is 178 Å². The molecular weight excluding hydrogens is 441 g/mol. The number of primary amides is 1. The molecule has 1 saturated heterocycles. The number of nitrogens with two attached hydrogens (primary N) is 1. The number of alkyl halides is 3. The van der Waals surface area contributed by atoms with Gasteiger partial charge in [0.05, 0.1) is 7.11 Å². The summed E-state index contributed by atoms with van der Waals surface area (Å²) in [5.74, 6) is -6.50. The van der Waals surface area contributed by atoms with E-state index in [1.54, 1.807) is 0 Å². The number of aromatic nitrogens is 1. The highest BCUT2D eigenvalue weighted by atomic mass is 19.4. The predicted octanol–water partition coefficient (Wildman–Crippen LogP) is 3.30. The van der Waals surface area contributed by atoms with Crippen LogP contribution in [0.4, 0.5) is 27.6 Å². The maximum absolute atomic E-state index is 14.2. The number of benzene rings is 1. The van der Waals surface area contributed by atoms with E-state index in [1.807, 2.05) is 0 Å². The molecule has 32 heavy (non-hydrogen) atoms. The standard InChI is InChI=1S/C20H18F5N3O4/c1-19(20(23,24)25)8-11(10-3-4-12(21)14(22)15(10)31-2)16(32-19)18(30)28-9-5-6-27-13(7-9)17(26)29/h3-7,11,16H,8H2,1-2H3,(H2,26,29)(H,27,28,30)/t11-,16-,19+/m0/s1. The van der Waals surface area contributed by atoms with E-state index in [9.17, 15) is 31.5 Å². The first-order valence-electron chi connectivity index (χ1n) is 9.21. The van der Waals surface area contributed by atoms with E-state index in [2.05, 4.69) is 10.3 Å². The highest BCUT2D eigenvalue weighted by Crippen LogP contribution is 2.51.